The van der Waals surface area contributed by atoms with Gasteiger partial charge in [0.25, 0.3) is 0 Å². The fourth-order valence-electron chi connectivity index (χ4n) is 2.39. The summed E-state index contributed by atoms with van der Waals surface area (Å²) in [6.07, 6.45) is -1.72. The quantitative estimate of drug-likeness (QED) is 0.859. The molecule has 1 aromatic rings. The molecule has 0 saturated carbocycles. The normalized spacial score (nSPS) is 36.4. The number of fused-ring (bicyclic) bond motifs is 1. The average molecular weight is 282 g/mol. The first-order valence-electron chi connectivity index (χ1n) is 6.42. The van der Waals surface area contributed by atoms with E-state index in [0.29, 0.717) is 5.75 Å². The number of thioether (sulfide) groups is 1. The van der Waals surface area contributed by atoms with Crippen molar-refractivity contribution in [3.05, 3.63) is 30.3 Å². The van der Waals surface area contributed by atoms with Gasteiger partial charge >= 0.3 is 0 Å². The maximum atomic E-state index is 10.2. The molecule has 4 atom stereocenters. The summed E-state index contributed by atoms with van der Waals surface area (Å²) in [4.78, 5) is 1.16. The van der Waals surface area contributed by atoms with E-state index in [-0.39, 0.29) is 12.2 Å². The van der Waals surface area contributed by atoms with E-state index in [9.17, 15) is 5.11 Å². The molecule has 2 heterocycles. The Kier molecular flexibility index (Phi) is 3.57. The van der Waals surface area contributed by atoms with Crippen LogP contribution in [0.15, 0.2) is 35.2 Å². The molecule has 5 heteroatoms. The molecule has 4 nitrogen and oxygen atoms in total. The third-order valence-corrected chi connectivity index (χ3v) is 4.37. The summed E-state index contributed by atoms with van der Waals surface area (Å²) < 4.78 is 17.0. The number of benzene rings is 1. The highest BCUT2D eigenvalue weighted by Crippen LogP contribution is 2.38. The molecule has 2 fully saturated rings. The molecule has 0 aromatic heterocycles. The zero-order valence-electron chi connectivity index (χ0n) is 11.0. The van der Waals surface area contributed by atoms with Crippen molar-refractivity contribution in [1.29, 1.82) is 0 Å². The molecular formula is C14H18O4S. The summed E-state index contributed by atoms with van der Waals surface area (Å²) in [6.45, 7) is 3.66. The Morgan fingerprint density at radius 3 is 2.63 bits per heavy atom. The molecule has 0 bridgehead atoms. The van der Waals surface area contributed by atoms with Crippen LogP contribution in [0.1, 0.15) is 13.8 Å². The lowest BCUT2D eigenvalue weighted by molar-refractivity contribution is -0.211. The van der Waals surface area contributed by atoms with Crippen LogP contribution in [0.5, 0.6) is 0 Å². The number of aliphatic hydroxyl groups excluding tert-OH is 1. The van der Waals surface area contributed by atoms with Gasteiger partial charge in [-0.15, -0.1) is 11.8 Å². The largest absolute Gasteiger partial charge is 0.387 e. The molecular weight excluding hydrogens is 264 g/mol. The van der Waals surface area contributed by atoms with Gasteiger partial charge in [-0.1, -0.05) is 18.2 Å². The van der Waals surface area contributed by atoms with E-state index in [1.807, 2.05) is 44.2 Å². The molecule has 3 rings (SSSR count). The van der Waals surface area contributed by atoms with Gasteiger partial charge in [0.1, 0.15) is 12.2 Å². The van der Waals surface area contributed by atoms with Crippen LogP contribution >= 0.6 is 11.8 Å². The van der Waals surface area contributed by atoms with E-state index >= 15 is 0 Å². The molecule has 19 heavy (non-hydrogen) atoms. The molecule has 0 spiro atoms. The van der Waals surface area contributed by atoms with Crippen LogP contribution in [0.2, 0.25) is 0 Å². The van der Waals surface area contributed by atoms with E-state index in [4.69, 9.17) is 14.2 Å². The van der Waals surface area contributed by atoms with Gasteiger partial charge in [0.05, 0.1) is 6.10 Å². The minimum atomic E-state index is -0.673. The highest BCUT2D eigenvalue weighted by Gasteiger charge is 2.54. The molecule has 104 valence electrons. The molecule has 1 N–H and O–H groups in total. The first-order chi connectivity index (χ1) is 9.05. The second-order valence-electron chi connectivity index (χ2n) is 5.26. The Labute approximate surface area is 117 Å². The molecule has 0 aliphatic carbocycles. The van der Waals surface area contributed by atoms with Crippen molar-refractivity contribution in [2.45, 2.75) is 49.1 Å². The van der Waals surface area contributed by atoms with Crippen LogP contribution in [0.25, 0.3) is 0 Å². The predicted molar refractivity (Wildman–Crippen MR) is 71.9 cm³/mol. The number of rotatable bonds is 3. The van der Waals surface area contributed by atoms with Crippen molar-refractivity contribution >= 4 is 11.8 Å². The van der Waals surface area contributed by atoms with Gasteiger partial charge in [0.15, 0.2) is 12.1 Å². The van der Waals surface area contributed by atoms with Gasteiger partial charge in [-0.3, -0.25) is 0 Å². The monoisotopic (exact) mass is 282 g/mol. The third kappa shape index (κ3) is 2.80. The van der Waals surface area contributed by atoms with Crippen molar-refractivity contribution in [3.63, 3.8) is 0 Å². The Bertz CT molecular complexity index is 436. The van der Waals surface area contributed by atoms with Crippen molar-refractivity contribution in [3.8, 4) is 0 Å². The number of hydrogen-bond donors (Lipinski definition) is 1. The van der Waals surface area contributed by atoms with Crippen LogP contribution in [-0.4, -0.2) is 41.2 Å². The maximum absolute atomic E-state index is 10.2. The zero-order chi connectivity index (χ0) is 13.5. The lowest BCUT2D eigenvalue weighted by Crippen LogP contribution is -2.35. The van der Waals surface area contributed by atoms with Crippen molar-refractivity contribution in [2.75, 3.05) is 5.75 Å². The van der Waals surface area contributed by atoms with Crippen molar-refractivity contribution in [2.24, 2.45) is 0 Å². The molecule has 0 unspecified atom stereocenters. The smallest absolute Gasteiger partial charge is 0.190 e. The highest BCUT2D eigenvalue weighted by atomic mass is 32.2. The van der Waals surface area contributed by atoms with Crippen LogP contribution < -0.4 is 0 Å². The van der Waals surface area contributed by atoms with Gasteiger partial charge in [0, 0.05) is 10.6 Å². The second-order valence-corrected chi connectivity index (χ2v) is 6.35. The lowest BCUT2D eigenvalue weighted by Gasteiger charge is -2.22. The average Bonchev–Trinajstić information content (AvgIpc) is 2.83. The first kappa shape index (κ1) is 13.4. The molecule has 1 aromatic carbocycles. The van der Waals surface area contributed by atoms with Crippen LogP contribution in [0, 0.1) is 0 Å². The van der Waals surface area contributed by atoms with Gasteiger partial charge in [-0.25, -0.2) is 0 Å². The Morgan fingerprint density at radius 1 is 1.21 bits per heavy atom. The summed E-state index contributed by atoms with van der Waals surface area (Å²) in [7, 11) is 0. The summed E-state index contributed by atoms with van der Waals surface area (Å²) >= 11 is 1.66. The molecule has 2 saturated heterocycles. The molecule has 0 radical (unpaired) electrons. The minimum absolute atomic E-state index is 0.253. The van der Waals surface area contributed by atoms with Crippen molar-refractivity contribution in [1.82, 2.24) is 0 Å². The second kappa shape index (κ2) is 5.07. The maximum Gasteiger partial charge on any atom is 0.190 e. The van der Waals surface area contributed by atoms with Gasteiger partial charge in [-0.05, 0) is 26.0 Å². The predicted octanol–water partition coefficient (Wildman–Crippen LogP) is 2.02. The topological polar surface area (TPSA) is 47.9 Å². The Balaban J connectivity index is 1.57. The van der Waals surface area contributed by atoms with Crippen LogP contribution in [0.3, 0.4) is 0 Å². The van der Waals surface area contributed by atoms with Gasteiger partial charge < -0.3 is 19.3 Å². The van der Waals surface area contributed by atoms with Gasteiger partial charge in [0.2, 0.25) is 0 Å². The molecule has 2 aliphatic rings. The summed E-state index contributed by atoms with van der Waals surface area (Å²) in [5.74, 6) is 0.0131. The molecule has 0 amide bonds. The Morgan fingerprint density at radius 2 is 1.95 bits per heavy atom. The van der Waals surface area contributed by atoms with Crippen LogP contribution in [0.4, 0.5) is 0 Å². The third-order valence-electron chi connectivity index (χ3n) is 3.27. The van der Waals surface area contributed by atoms with Crippen molar-refractivity contribution < 1.29 is 19.3 Å². The van der Waals surface area contributed by atoms with Gasteiger partial charge in [-0.2, -0.15) is 0 Å². The van der Waals surface area contributed by atoms with E-state index in [2.05, 4.69) is 0 Å². The lowest BCUT2D eigenvalue weighted by atomic mass is 10.1. The number of ether oxygens (including phenoxy) is 3. The SMILES string of the molecule is CC1(C)O[C@@H]2O[C@H](CSc3ccccc3)[C@H](O)[C@H]2O1. The zero-order valence-corrected chi connectivity index (χ0v) is 11.8. The van der Waals surface area contributed by atoms with Crippen LogP contribution in [-0.2, 0) is 14.2 Å². The number of hydrogen-bond acceptors (Lipinski definition) is 5. The van der Waals surface area contributed by atoms with E-state index < -0.39 is 18.2 Å². The minimum Gasteiger partial charge on any atom is -0.387 e. The standard InChI is InChI=1S/C14H18O4S/c1-14(2)17-12-11(15)10(16-13(12)18-14)8-19-9-6-4-3-5-7-9/h3-7,10-13,15H,8H2,1-2H3/t10-,11+,12-,13+/m1/s1. The number of aliphatic hydroxyl groups is 1. The van der Waals surface area contributed by atoms with E-state index in [0.717, 1.165) is 4.90 Å². The first-order valence-corrected chi connectivity index (χ1v) is 7.41. The van der Waals surface area contributed by atoms with E-state index in [1.165, 1.54) is 0 Å². The fraction of sp³-hybridized carbons (Fsp3) is 0.571. The molecule has 2 aliphatic heterocycles. The van der Waals surface area contributed by atoms with E-state index in [1.54, 1.807) is 11.8 Å². The highest BCUT2D eigenvalue weighted by molar-refractivity contribution is 7.99. The fourth-order valence-corrected chi connectivity index (χ4v) is 3.37. The Hall–Kier alpha value is -0.590. The summed E-state index contributed by atoms with van der Waals surface area (Å²) in [5.41, 5.74) is 0. The summed E-state index contributed by atoms with van der Waals surface area (Å²) in [5, 5.41) is 10.2. The summed E-state index contributed by atoms with van der Waals surface area (Å²) in [6, 6.07) is 10.1.